The number of hydrogen-bond acceptors (Lipinski definition) is 2. The Morgan fingerprint density at radius 3 is 1.67 bits per heavy atom. The molecular weight excluding hydrogens is 648 g/mol. The van der Waals surface area contributed by atoms with E-state index in [-0.39, 0.29) is 24.3 Å². The highest BCUT2D eigenvalue weighted by molar-refractivity contribution is 8.00. The summed E-state index contributed by atoms with van der Waals surface area (Å²) in [4.78, 5) is 2.72. The van der Waals surface area contributed by atoms with Crippen molar-refractivity contribution in [1.29, 1.82) is 0 Å². The van der Waals surface area contributed by atoms with Gasteiger partial charge in [0, 0.05) is 42.8 Å². The highest BCUT2D eigenvalue weighted by Gasteiger charge is 2.50. The standard InChI is InChI=1S/C47H37B2NOS/c1-24-44-39-43-40-45(24)52-38-19-28-15-11-9-13-26(28)17-34(38)49(40)36-23-30(47(5,6)7)21-32-31-20-29(46(2,3)4)22-35(41(31)50(43)42(32)36)48(39)33-16-25-12-8-10-14-27(25)18-37(33)51-44/h8-23H,1-7H3. The van der Waals surface area contributed by atoms with Gasteiger partial charge in [0.25, 0.3) is 6.71 Å². The maximum absolute atomic E-state index is 7.23. The van der Waals surface area contributed by atoms with Crippen LogP contribution in [-0.2, 0) is 10.8 Å². The predicted octanol–water partition coefficient (Wildman–Crippen LogP) is 8.22. The largest absolute Gasteiger partial charge is 0.458 e. The third kappa shape index (κ3) is 3.56. The normalized spacial score (nSPS) is 14.8. The van der Waals surface area contributed by atoms with Crippen LogP contribution in [0.25, 0.3) is 49.0 Å². The molecule has 5 heterocycles. The molecule has 0 N–H and O–H groups in total. The molecule has 0 aliphatic carbocycles. The molecule has 0 bridgehead atoms. The van der Waals surface area contributed by atoms with E-state index in [2.05, 4.69) is 150 Å². The lowest BCUT2D eigenvalue weighted by Gasteiger charge is -2.42. The van der Waals surface area contributed by atoms with Gasteiger partial charge in [-0.15, -0.1) is 0 Å². The zero-order valence-corrected chi connectivity index (χ0v) is 31.5. The van der Waals surface area contributed by atoms with Gasteiger partial charge in [-0.25, -0.2) is 0 Å². The van der Waals surface area contributed by atoms with Gasteiger partial charge in [-0.2, -0.15) is 0 Å². The number of rotatable bonds is 0. The third-order valence-electron chi connectivity index (χ3n) is 12.7. The van der Waals surface area contributed by atoms with Crippen LogP contribution in [0, 0.1) is 6.92 Å². The lowest BCUT2D eigenvalue weighted by molar-refractivity contribution is 0.482. The van der Waals surface area contributed by atoms with Gasteiger partial charge in [-0.3, -0.25) is 0 Å². The van der Waals surface area contributed by atoms with Crippen molar-refractivity contribution in [1.82, 2.24) is 4.57 Å². The minimum atomic E-state index is -0.0166. The summed E-state index contributed by atoms with van der Waals surface area (Å²) in [5.41, 5.74) is 16.5. The number of fused-ring (bicyclic) bond motifs is 9. The number of hydrogen-bond donors (Lipinski definition) is 0. The zero-order valence-electron chi connectivity index (χ0n) is 30.7. The first-order chi connectivity index (χ1) is 25.0. The molecule has 248 valence electrons. The molecule has 0 atom stereocenters. The predicted molar refractivity (Wildman–Crippen MR) is 224 cm³/mol. The first kappa shape index (κ1) is 29.7. The Labute approximate surface area is 309 Å². The molecule has 5 heteroatoms. The molecule has 52 heavy (non-hydrogen) atoms. The van der Waals surface area contributed by atoms with E-state index < -0.39 is 0 Å². The molecule has 1 aromatic heterocycles. The van der Waals surface area contributed by atoms with Crippen molar-refractivity contribution < 1.29 is 4.74 Å². The SMILES string of the molecule is Cc1c2c3c4c5c1Sc1cc6ccccc6cc1B5c1cc(C(C)(C)C)cc5c6cc(C(C)(C)C)cc(c6n-4c15)B3c1cc3ccccc3cc1O2. The Balaban J connectivity index is 1.33. The minimum absolute atomic E-state index is 0.00722. The van der Waals surface area contributed by atoms with Crippen LogP contribution in [-0.4, -0.2) is 18.0 Å². The molecule has 0 saturated carbocycles. The average Bonchev–Trinajstić information content (AvgIpc) is 3.46. The molecule has 0 spiro atoms. The minimum Gasteiger partial charge on any atom is -0.458 e. The van der Waals surface area contributed by atoms with E-state index in [9.17, 15) is 0 Å². The number of benzene rings is 7. The monoisotopic (exact) mass is 685 g/mol. The molecule has 4 aliphatic rings. The molecule has 0 fully saturated rings. The van der Waals surface area contributed by atoms with Crippen molar-refractivity contribution in [2.45, 2.75) is 69.1 Å². The van der Waals surface area contributed by atoms with E-state index in [0.29, 0.717) is 0 Å². The van der Waals surface area contributed by atoms with Gasteiger partial charge in [0.05, 0.1) is 0 Å². The van der Waals surface area contributed by atoms with Crippen molar-refractivity contribution in [2.75, 3.05) is 0 Å². The molecule has 4 aliphatic heterocycles. The number of aromatic nitrogens is 1. The van der Waals surface area contributed by atoms with E-state index >= 15 is 0 Å². The summed E-state index contributed by atoms with van der Waals surface area (Å²) in [6.07, 6.45) is 0. The summed E-state index contributed by atoms with van der Waals surface area (Å²) >= 11 is 1.95. The quantitative estimate of drug-likeness (QED) is 0.150. The lowest BCUT2D eigenvalue weighted by atomic mass is 9.30. The topological polar surface area (TPSA) is 14.2 Å². The first-order valence-corrected chi connectivity index (χ1v) is 19.6. The molecule has 0 saturated heterocycles. The van der Waals surface area contributed by atoms with Crippen LogP contribution in [0.4, 0.5) is 0 Å². The van der Waals surface area contributed by atoms with Crippen molar-refractivity contribution in [2.24, 2.45) is 0 Å². The maximum atomic E-state index is 7.23. The van der Waals surface area contributed by atoms with Gasteiger partial charge >= 0.3 is 0 Å². The highest BCUT2D eigenvalue weighted by atomic mass is 32.2. The summed E-state index contributed by atoms with van der Waals surface area (Å²) in [5.74, 6) is 2.04. The van der Waals surface area contributed by atoms with Crippen molar-refractivity contribution in [3.05, 3.63) is 114 Å². The summed E-state index contributed by atoms with van der Waals surface area (Å²) < 4.78 is 9.93. The Hall–Kier alpha value is -4.86. The first-order valence-electron chi connectivity index (χ1n) is 18.7. The number of nitrogens with zero attached hydrogens (tertiary/aromatic N) is 1. The molecule has 0 unspecified atom stereocenters. The molecule has 0 amide bonds. The second kappa shape index (κ2) is 9.38. The number of ether oxygens (including phenoxy) is 1. The Morgan fingerprint density at radius 1 is 0.577 bits per heavy atom. The zero-order chi connectivity index (χ0) is 35.2. The van der Waals surface area contributed by atoms with Gasteiger partial charge in [0.1, 0.15) is 11.5 Å². The van der Waals surface area contributed by atoms with Crippen LogP contribution < -0.4 is 37.5 Å². The summed E-state index contributed by atoms with van der Waals surface area (Å²) in [6, 6.07) is 37.5. The Morgan fingerprint density at radius 2 is 1.10 bits per heavy atom. The summed E-state index contributed by atoms with van der Waals surface area (Å²) in [5, 5.41) is 7.84. The van der Waals surface area contributed by atoms with Gasteiger partial charge in [0.15, 0.2) is 0 Å². The fourth-order valence-corrected chi connectivity index (χ4v) is 11.3. The molecular formula is C47H37B2NOS. The second-order valence-corrected chi connectivity index (χ2v) is 18.8. The molecule has 7 aromatic carbocycles. The Bertz CT molecular complexity index is 2810. The smallest absolute Gasteiger partial charge is 0.256 e. The van der Waals surface area contributed by atoms with Gasteiger partial charge < -0.3 is 9.30 Å². The van der Waals surface area contributed by atoms with Crippen LogP contribution in [0.15, 0.2) is 107 Å². The van der Waals surface area contributed by atoms with E-state index in [1.54, 1.807) is 0 Å². The van der Waals surface area contributed by atoms with Gasteiger partial charge in [0.2, 0.25) is 6.71 Å². The van der Waals surface area contributed by atoms with E-state index in [0.717, 1.165) is 11.5 Å². The van der Waals surface area contributed by atoms with Crippen LogP contribution in [0.1, 0.15) is 58.2 Å². The summed E-state index contributed by atoms with van der Waals surface area (Å²) in [7, 11) is 0. The Kier molecular flexibility index (Phi) is 5.35. The van der Waals surface area contributed by atoms with Crippen molar-refractivity contribution >= 4 is 101 Å². The molecule has 12 rings (SSSR count). The van der Waals surface area contributed by atoms with Crippen LogP contribution >= 0.6 is 11.8 Å². The third-order valence-corrected chi connectivity index (χ3v) is 14.0. The van der Waals surface area contributed by atoms with Crippen LogP contribution in [0.3, 0.4) is 0 Å². The fraction of sp³-hybridized carbons (Fsp3) is 0.191. The van der Waals surface area contributed by atoms with Gasteiger partial charge in [-0.05, 0) is 102 Å². The maximum Gasteiger partial charge on any atom is 0.256 e. The molecule has 8 aromatic rings. The van der Waals surface area contributed by atoms with Crippen molar-refractivity contribution in [3.8, 4) is 17.2 Å². The van der Waals surface area contributed by atoms with E-state index in [1.807, 2.05) is 11.8 Å². The molecule has 2 nitrogen and oxygen atoms in total. The van der Waals surface area contributed by atoms with E-state index in [1.165, 1.54) is 108 Å². The van der Waals surface area contributed by atoms with Crippen LogP contribution in [0.5, 0.6) is 11.5 Å². The van der Waals surface area contributed by atoms with Gasteiger partial charge in [-0.1, -0.05) is 132 Å². The average molecular weight is 686 g/mol. The van der Waals surface area contributed by atoms with Crippen molar-refractivity contribution in [3.63, 3.8) is 0 Å². The fourth-order valence-electron chi connectivity index (χ4n) is 10.1. The summed E-state index contributed by atoms with van der Waals surface area (Å²) in [6.45, 7) is 16.7. The van der Waals surface area contributed by atoms with Crippen LogP contribution in [0.2, 0.25) is 0 Å². The highest BCUT2D eigenvalue weighted by Crippen LogP contribution is 2.47. The second-order valence-electron chi connectivity index (χ2n) is 17.8. The van der Waals surface area contributed by atoms with E-state index in [4.69, 9.17) is 4.74 Å². The molecule has 0 radical (unpaired) electrons. The lowest BCUT2D eigenvalue weighted by Crippen LogP contribution is -2.66.